The Morgan fingerprint density at radius 2 is 1.68 bits per heavy atom. The summed E-state index contributed by atoms with van der Waals surface area (Å²) in [5, 5.41) is 1.82. The molecule has 1 N–H and O–H groups in total. The van der Waals surface area contributed by atoms with E-state index in [1.807, 2.05) is 0 Å². The van der Waals surface area contributed by atoms with Crippen molar-refractivity contribution >= 4 is 67.4 Å². The highest BCUT2D eigenvalue weighted by molar-refractivity contribution is 7.23. The highest BCUT2D eigenvalue weighted by Crippen LogP contribution is 2.46. The lowest BCUT2D eigenvalue weighted by molar-refractivity contribution is -0.137. The Hall–Kier alpha value is -2.66. The highest BCUT2D eigenvalue weighted by Gasteiger charge is 2.31. The van der Waals surface area contributed by atoms with Gasteiger partial charge in [0, 0.05) is 0 Å². The predicted octanol–water partition coefficient (Wildman–Crippen LogP) is 8.60. The Morgan fingerprint density at radius 1 is 1.00 bits per heavy atom. The standard InChI is InChI=1S/C21H8Cl3F5N2O2S/c22-9-6-8(21(27,28)29)4-5-14(9)33-17-10(23)7-13-18(16(17)24)34-20(30-13)31-19(32)15-11(25)2-1-3-12(15)26/h1-7H,(H,30,31,32). The van der Waals surface area contributed by atoms with Gasteiger partial charge in [-0.25, -0.2) is 13.8 Å². The first-order chi connectivity index (χ1) is 16.0. The molecule has 1 amide bonds. The number of carbonyl (C=O) groups is 1. The van der Waals surface area contributed by atoms with Crippen molar-refractivity contribution in [1.82, 2.24) is 4.98 Å². The molecule has 0 saturated heterocycles. The second-order valence-corrected chi connectivity index (χ2v) is 8.86. The maximum absolute atomic E-state index is 13.9. The highest BCUT2D eigenvalue weighted by atomic mass is 35.5. The third kappa shape index (κ3) is 4.76. The smallest absolute Gasteiger partial charge is 0.416 e. The van der Waals surface area contributed by atoms with Crippen molar-refractivity contribution in [2.24, 2.45) is 0 Å². The van der Waals surface area contributed by atoms with E-state index in [9.17, 15) is 26.7 Å². The van der Waals surface area contributed by atoms with Crippen LogP contribution in [0.15, 0.2) is 42.5 Å². The van der Waals surface area contributed by atoms with Gasteiger partial charge in [0.25, 0.3) is 5.91 Å². The fourth-order valence-electron chi connectivity index (χ4n) is 2.87. The van der Waals surface area contributed by atoms with Crippen LogP contribution in [0.1, 0.15) is 15.9 Å². The minimum atomic E-state index is -4.59. The molecular weight excluding hydrogens is 546 g/mol. The number of halogens is 8. The minimum absolute atomic E-state index is 0.0367. The molecule has 0 aliphatic heterocycles. The Labute approximate surface area is 206 Å². The molecule has 34 heavy (non-hydrogen) atoms. The average Bonchev–Trinajstić information content (AvgIpc) is 3.13. The molecule has 0 radical (unpaired) electrons. The van der Waals surface area contributed by atoms with E-state index in [2.05, 4.69) is 10.3 Å². The van der Waals surface area contributed by atoms with Gasteiger partial charge in [-0.2, -0.15) is 13.2 Å². The van der Waals surface area contributed by atoms with E-state index in [0.717, 1.165) is 41.7 Å². The van der Waals surface area contributed by atoms with Crippen LogP contribution in [0.3, 0.4) is 0 Å². The summed E-state index contributed by atoms with van der Waals surface area (Å²) in [6, 6.07) is 6.82. The van der Waals surface area contributed by atoms with Crippen LogP contribution < -0.4 is 10.1 Å². The number of amides is 1. The van der Waals surface area contributed by atoms with Crippen molar-refractivity contribution in [1.29, 1.82) is 0 Å². The molecule has 0 fully saturated rings. The zero-order chi connectivity index (χ0) is 24.8. The van der Waals surface area contributed by atoms with Gasteiger partial charge in [-0.1, -0.05) is 52.2 Å². The van der Waals surface area contributed by atoms with Crippen LogP contribution in [0.25, 0.3) is 10.2 Å². The largest absolute Gasteiger partial charge is 0.453 e. The van der Waals surface area contributed by atoms with E-state index >= 15 is 0 Å². The number of fused-ring (bicyclic) bond motifs is 1. The Morgan fingerprint density at radius 3 is 2.29 bits per heavy atom. The van der Waals surface area contributed by atoms with Crippen LogP contribution in [-0.4, -0.2) is 10.9 Å². The lowest BCUT2D eigenvalue weighted by Crippen LogP contribution is -2.15. The van der Waals surface area contributed by atoms with E-state index in [-0.39, 0.29) is 41.9 Å². The molecule has 176 valence electrons. The second kappa shape index (κ2) is 9.18. The van der Waals surface area contributed by atoms with Gasteiger partial charge in [0.05, 0.1) is 25.8 Å². The summed E-state index contributed by atoms with van der Waals surface area (Å²) in [5.41, 5.74) is -1.52. The molecule has 0 bridgehead atoms. The summed E-state index contributed by atoms with van der Waals surface area (Å²) in [6.07, 6.45) is -4.59. The van der Waals surface area contributed by atoms with Gasteiger partial charge in [0.15, 0.2) is 10.9 Å². The van der Waals surface area contributed by atoms with Crippen molar-refractivity contribution in [3.05, 3.63) is 80.3 Å². The van der Waals surface area contributed by atoms with Gasteiger partial charge in [-0.3, -0.25) is 10.1 Å². The Balaban J connectivity index is 1.66. The first-order valence-electron chi connectivity index (χ1n) is 9.04. The molecule has 4 nitrogen and oxygen atoms in total. The molecule has 4 aromatic rings. The monoisotopic (exact) mass is 552 g/mol. The number of nitrogens with one attached hydrogen (secondary N) is 1. The Bertz CT molecular complexity index is 1420. The number of carbonyl (C=O) groups excluding carboxylic acids is 1. The SMILES string of the molecule is O=C(Nc1nc2cc(Cl)c(Oc3ccc(C(F)(F)F)cc3Cl)c(Cl)c2s1)c1c(F)cccc1F. The lowest BCUT2D eigenvalue weighted by Gasteiger charge is -2.13. The third-order valence-corrected chi connectivity index (χ3v) is 6.47. The van der Waals surface area contributed by atoms with Gasteiger partial charge < -0.3 is 4.74 Å². The summed E-state index contributed by atoms with van der Waals surface area (Å²) in [4.78, 5) is 16.5. The number of hydrogen-bond donors (Lipinski definition) is 1. The molecule has 13 heteroatoms. The molecule has 0 unspecified atom stereocenters. The summed E-state index contributed by atoms with van der Waals surface area (Å²) < 4.78 is 72.1. The van der Waals surface area contributed by atoms with Crippen LogP contribution in [0.5, 0.6) is 11.5 Å². The number of ether oxygens (including phenoxy) is 1. The van der Waals surface area contributed by atoms with Crippen LogP contribution in [-0.2, 0) is 6.18 Å². The van der Waals surface area contributed by atoms with Crippen LogP contribution in [0.2, 0.25) is 15.1 Å². The van der Waals surface area contributed by atoms with E-state index in [0.29, 0.717) is 6.07 Å². The molecule has 4 rings (SSSR count). The zero-order valence-electron chi connectivity index (χ0n) is 16.2. The number of hydrogen-bond acceptors (Lipinski definition) is 4. The van der Waals surface area contributed by atoms with E-state index in [1.54, 1.807) is 0 Å². The van der Waals surface area contributed by atoms with Gasteiger partial charge >= 0.3 is 6.18 Å². The van der Waals surface area contributed by atoms with Crippen molar-refractivity contribution in [3.8, 4) is 11.5 Å². The van der Waals surface area contributed by atoms with Gasteiger partial charge in [0.2, 0.25) is 0 Å². The predicted molar refractivity (Wildman–Crippen MR) is 120 cm³/mol. The fraction of sp³-hybridized carbons (Fsp3) is 0.0476. The number of nitrogens with zero attached hydrogens (tertiary/aromatic N) is 1. The van der Waals surface area contributed by atoms with Crippen LogP contribution >= 0.6 is 46.1 Å². The van der Waals surface area contributed by atoms with E-state index in [4.69, 9.17) is 39.5 Å². The summed E-state index contributed by atoms with van der Waals surface area (Å²) in [6.45, 7) is 0. The maximum atomic E-state index is 13.9. The first kappa shape index (κ1) is 24.5. The average molecular weight is 554 g/mol. The molecular formula is C21H8Cl3F5N2O2S. The first-order valence-corrected chi connectivity index (χ1v) is 11.0. The van der Waals surface area contributed by atoms with Gasteiger partial charge in [-0.05, 0) is 36.4 Å². The number of rotatable bonds is 4. The van der Waals surface area contributed by atoms with Crippen molar-refractivity contribution in [2.75, 3.05) is 5.32 Å². The Kier molecular flexibility index (Phi) is 6.61. The van der Waals surface area contributed by atoms with Crippen molar-refractivity contribution in [3.63, 3.8) is 0 Å². The molecule has 1 heterocycles. The lowest BCUT2D eigenvalue weighted by atomic mass is 10.2. The second-order valence-electron chi connectivity index (χ2n) is 6.66. The number of benzene rings is 3. The topological polar surface area (TPSA) is 51.2 Å². The molecule has 0 aliphatic rings. The molecule has 0 aliphatic carbocycles. The molecule has 1 aromatic heterocycles. The fourth-order valence-corrected chi connectivity index (χ4v) is 4.60. The number of alkyl halides is 3. The molecule has 3 aromatic carbocycles. The van der Waals surface area contributed by atoms with E-state index < -0.39 is 34.8 Å². The number of anilines is 1. The van der Waals surface area contributed by atoms with Gasteiger partial charge in [-0.15, -0.1) is 0 Å². The summed E-state index contributed by atoms with van der Waals surface area (Å²) >= 11 is 19.4. The molecule has 0 saturated carbocycles. The minimum Gasteiger partial charge on any atom is -0.453 e. The third-order valence-electron chi connectivity index (χ3n) is 4.41. The van der Waals surface area contributed by atoms with Crippen LogP contribution in [0.4, 0.5) is 27.1 Å². The van der Waals surface area contributed by atoms with Crippen LogP contribution in [0, 0.1) is 11.6 Å². The maximum Gasteiger partial charge on any atom is 0.416 e. The summed E-state index contributed by atoms with van der Waals surface area (Å²) in [5.74, 6) is -3.41. The van der Waals surface area contributed by atoms with E-state index in [1.165, 1.54) is 6.07 Å². The molecule has 0 spiro atoms. The quantitative estimate of drug-likeness (QED) is 0.258. The number of thiazole rings is 1. The number of aromatic nitrogens is 1. The van der Waals surface area contributed by atoms with Gasteiger partial charge in [0.1, 0.15) is 28.0 Å². The van der Waals surface area contributed by atoms with Crippen molar-refractivity contribution < 1.29 is 31.5 Å². The van der Waals surface area contributed by atoms with Crippen molar-refractivity contribution in [2.45, 2.75) is 6.18 Å². The summed E-state index contributed by atoms with van der Waals surface area (Å²) in [7, 11) is 0. The zero-order valence-corrected chi connectivity index (χ0v) is 19.3. The molecule has 0 atom stereocenters. The normalized spacial score (nSPS) is 11.6.